The molecule has 1 N–H and O–H groups in total. The Morgan fingerprint density at radius 2 is 1.93 bits per heavy atom. The predicted octanol–water partition coefficient (Wildman–Crippen LogP) is 2.11. The normalized spacial score (nSPS) is 21.6. The molecule has 0 saturated carbocycles. The van der Waals surface area contributed by atoms with E-state index in [-0.39, 0.29) is 0 Å². The van der Waals surface area contributed by atoms with E-state index in [0.717, 1.165) is 13.1 Å². The van der Waals surface area contributed by atoms with E-state index in [0.29, 0.717) is 5.41 Å². The molecule has 0 aromatic carbocycles. The standard InChI is InChI=1S/C12H26N2/c1-4-12(5-2)7-9-14(11-12)10-8-13-6-3/h13H,4-11H2,1-3H3. The highest BCUT2D eigenvalue weighted by atomic mass is 15.2. The summed E-state index contributed by atoms with van der Waals surface area (Å²) >= 11 is 0. The van der Waals surface area contributed by atoms with E-state index in [2.05, 4.69) is 31.0 Å². The third-order valence-corrected chi connectivity index (χ3v) is 3.87. The lowest BCUT2D eigenvalue weighted by Crippen LogP contribution is -2.32. The van der Waals surface area contributed by atoms with Crippen molar-refractivity contribution in [3.05, 3.63) is 0 Å². The quantitative estimate of drug-likeness (QED) is 0.658. The molecule has 1 aliphatic heterocycles. The number of rotatable bonds is 6. The van der Waals surface area contributed by atoms with Crippen LogP contribution in [0.3, 0.4) is 0 Å². The van der Waals surface area contributed by atoms with Crippen LogP contribution in [-0.4, -0.2) is 37.6 Å². The van der Waals surface area contributed by atoms with Gasteiger partial charge in [0.15, 0.2) is 0 Å². The summed E-state index contributed by atoms with van der Waals surface area (Å²) in [6, 6.07) is 0. The molecule has 1 fully saturated rings. The Morgan fingerprint density at radius 1 is 1.21 bits per heavy atom. The third kappa shape index (κ3) is 2.96. The van der Waals surface area contributed by atoms with E-state index < -0.39 is 0 Å². The van der Waals surface area contributed by atoms with Crippen LogP contribution in [0.5, 0.6) is 0 Å². The van der Waals surface area contributed by atoms with Crippen molar-refractivity contribution in [2.24, 2.45) is 5.41 Å². The highest BCUT2D eigenvalue weighted by molar-refractivity contribution is 4.87. The van der Waals surface area contributed by atoms with Gasteiger partial charge in [-0.1, -0.05) is 20.8 Å². The van der Waals surface area contributed by atoms with Gasteiger partial charge in [0, 0.05) is 19.6 Å². The fraction of sp³-hybridized carbons (Fsp3) is 1.00. The number of likely N-dealkylation sites (tertiary alicyclic amines) is 1. The van der Waals surface area contributed by atoms with Crippen molar-refractivity contribution in [3.63, 3.8) is 0 Å². The molecule has 0 amide bonds. The molecule has 1 aliphatic rings. The smallest absolute Gasteiger partial charge is 0.0107 e. The van der Waals surface area contributed by atoms with Crippen LogP contribution in [0.4, 0.5) is 0 Å². The van der Waals surface area contributed by atoms with Crippen molar-refractivity contribution < 1.29 is 0 Å². The number of nitrogens with one attached hydrogen (secondary N) is 1. The Hall–Kier alpha value is -0.0800. The molecule has 0 aromatic heterocycles. The molecule has 2 heteroatoms. The first-order valence-corrected chi connectivity index (χ1v) is 6.19. The van der Waals surface area contributed by atoms with Gasteiger partial charge >= 0.3 is 0 Å². The second kappa shape index (κ2) is 5.72. The van der Waals surface area contributed by atoms with Gasteiger partial charge in [-0.3, -0.25) is 0 Å². The summed E-state index contributed by atoms with van der Waals surface area (Å²) < 4.78 is 0. The lowest BCUT2D eigenvalue weighted by molar-refractivity contribution is 0.241. The number of likely N-dealkylation sites (N-methyl/N-ethyl adjacent to an activating group) is 1. The fourth-order valence-electron chi connectivity index (χ4n) is 2.46. The van der Waals surface area contributed by atoms with Gasteiger partial charge in [-0.15, -0.1) is 0 Å². The summed E-state index contributed by atoms with van der Waals surface area (Å²) in [4.78, 5) is 2.62. The van der Waals surface area contributed by atoms with Crippen molar-refractivity contribution in [2.45, 2.75) is 40.0 Å². The van der Waals surface area contributed by atoms with Gasteiger partial charge < -0.3 is 10.2 Å². The van der Waals surface area contributed by atoms with Gasteiger partial charge in [0.2, 0.25) is 0 Å². The van der Waals surface area contributed by atoms with Gasteiger partial charge in [-0.2, -0.15) is 0 Å². The first-order chi connectivity index (χ1) is 6.76. The van der Waals surface area contributed by atoms with Crippen molar-refractivity contribution >= 4 is 0 Å². The minimum Gasteiger partial charge on any atom is -0.316 e. The summed E-state index contributed by atoms with van der Waals surface area (Å²) in [5, 5.41) is 3.40. The number of nitrogens with zero attached hydrogens (tertiary/aromatic N) is 1. The monoisotopic (exact) mass is 198 g/mol. The second-order valence-electron chi connectivity index (χ2n) is 4.59. The number of hydrogen-bond acceptors (Lipinski definition) is 2. The Morgan fingerprint density at radius 3 is 2.43 bits per heavy atom. The zero-order valence-corrected chi connectivity index (χ0v) is 10.1. The summed E-state index contributed by atoms with van der Waals surface area (Å²) in [5.74, 6) is 0. The molecule has 84 valence electrons. The van der Waals surface area contributed by atoms with Gasteiger partial charge in [0.1, 0.15) is 0 Å². The summed E-state index contributed by atoms with van der Waals surface area (Å²) in [6.45, 7) is 13.0. The van der Waals surface area contributed by atoms with Gasteiger partial charge in [0.05, 0.1) is 0 Å². The average molecular weight is 198 g/mol. The molecule has 0 unspecified atom stereocenters. The minimum atomic E-state index is 0.645. The van der Waals surface area contributed by atoms with Crippen LogP contribution in [0, 0.1) is 5.41 Å². The summed E-state index contributed by atoms with van der Waals surface area (Å²) in [6.07, 6.45) is 4.11. The van der Waals surface area contributed by atoms with Crippen LogP contribution < -0.4 is 5.32 Å². The zero-order chi connectivity index (χ0) is 10.4. The SMILES string of the molecule is CCNCCN1CCC(CC)(CC)C1. The molecular formula is C12H26N2. The Kier molecular flexibility index (Phi) is 4.90. The molecule has 0 aromatic rings. The van der Waals surface area contributed by atoms with Crippen molar-refractivity contribution in [1.29, 1.82) is 0 Å². The molecule has 0 aliphatic carbocycles. The molecule has 2 nitrogen and oxygen atoms in total. The zero-order valence-electron chi connectivity index (χ0n) is 10.1. The van der Waals surface area contributed by atoms with E-state index >= 15 is 0 Å². The maximum Gasteiger partial charge on any atom is 0.0107 e. The van der Waals surface area contributed by atoms with Gasteiger partial charge in [-0.05, 0) is 37.8 Å². The van der Waals surface area contributed by atoms with Crippen LogP contribution in [0.15, 0.2) is 0 Å². The van der Waals surface area contributed by atoms with Gasteiger partial charge in [-0.25, -0.2) is 0 Å². The maximum absolute atomic E-state index is 3.40. The molecule has 1 rings (SSSR count). The van der Waals surface area contributed by atoms with Crippen LogP contribution in [0.25, 0.3) is 0 Å². The lowest BCUT2D eigenvalue weighted by atomic mass is 9.82. The topological polar surface area (TPSA) is 15.3 Å². The van der Waals surface area contributed by atoms with E-state index in [9.17, 15) is 0 Å². The van der Waals surface area contributed by atoms with E-state index in [1.165, 1.54) is 38.9 Å². The molecule has 0 radical (unpaired) electrons. The Labute approximate surface area is 89.1 Å². The first-order valence-electron chi connectivity index (χ1n) is 6.19. The maximum atomic E-state index is 3.40. The van der Waals surface area contributed by atoms with Crippen LogP contribution in [0.1, 0.15) is 40.0 Å². The highest BCUT2D eigenvalue weighted by Gasteiger charge is 2.34. The predicted molar refractivity (Wildman–Crippen MR) is 62.6 cm³/mol. The van der Waals surface area contributed by atoms with Crippen molar-refractivity contribution in [1.82, 2.24) is 10.2 Å². The van der Waals surface area contributed by atoms with Crippen molar-refractivity contribution in [3.8, 4) is 0 Å². The molecular weight excluding hydrogens is 172 g/mol. The van der Waals surface area contributed by atoms with E-state index in [4.69, 9.17) is 0 Å². The van der Waals surface area contributed by atoms with Crippen LogP contribution >= 0.6 is 0 Å². The molecule has 1 saturated heterocycles. The van der Waals surface area contributed by atoms with E-state index in [1.807, 2.05) is 0 Å². The molecule has 0 atom stereocenters. The minimum absolute atomic E-state index is 0.645. The largest absolute Gasteiger partial charge is 0.316 e. The average Bonchev–Trinajstić information content (AvgIpc) is 2.63. The number of hydrogen-bond donors (Lipinski definition) is 1. The van der Waals surface area contributed by atoms with Crippen molar-refractivity contribution in [2.75, 3.05) is 32.7 Å². The molecule has 14 heavy (non-hydrogen) atoms. The first kappa shape index (κ1) is 12.0. The second-order valence-corrected chi connectivity index (χ2v) is 4.59. The van der Waals surface area contributed by atoms with Crippen LogP contribution in [-0.2, 0) is 0 Å². The Bertz CT molecular complexity index is 152. The highest BCUT2D eigenvalue weighted by Crippen LogP contribution is 2.36. The third-order valence-electron chi connectivity index (χ3n) is 3.87. The molecule has 0 bridgehead atoms. The summed E-state index contributed by atoms with van der Waals surface area (Å²) in [7, 11) is 0. The molecule has 1 heterocycles. The van der Waals surface area contributed by atoms with Crippen LogP contribution in [0.2, 0.25) is 0 Å². The van der Waals surface area contributed by atoms with E-state index in [1.54, 1.807) is 0 Å². The Balaban J connectivity index is 2.25. The molecule has 0 spiro atoms. The fourth-order valence-corrected chi connectivity index (χ4v) is 2.46. The summed E-state index contributed by atoms with van der Waals surface area (Å²) in [5.41, 5.74) is 0.645. The lowest BCUT2D eigenvalue weighted by Gasteiger charge is -2.26. The van der Waals surface area contributed by atoms with Gasteiger partial charge in [0.25, 0.3) is 0 Å².